The SMILES string of the molecule is COc1ccc(OC)c(-c2ccc(CN3CCc4[nH]c(=S)ncc4C3)cn2)c1. The van der Waals surface area contributed by atoms with Gasteiger partial charge in [0.2, 0.25) is 0 Å². The first kappa shape index (κ1) is 18.6. The summed E-state index contributed by atoms with van der Waals surface area (Å²) in [5.74, 6) is 1.56. The molecule has 0 amide bonds. The van der Waals surface area contributed by atoms with Crippen molar-refractivity contribution in [3.8, 4) is 22.8 Å². The summed E-state index contributed by atoms with van der Waals surface area (Å²) in [6.07, 6.45) is 4.77. The number of aromatic nitrogens is 3. The van der Waals surface area contributed by atoms with E-state index in [2.05, 4.69) is 25.9 Å². The first-order valence-electron chi connectivity index (χ1n) is 9.13. The summed E-state index contributed by atoms with van der Waals surface area (Å²) in [5.41, 5.74) is 5.37. The molecule has 0 saturated carbocycles. The molecule has 3 aromatic rings. The third kappa shape index (κ3) is 3.90. The number of fused-ring (bicyclic) bond motifs is 1. The summed E-state index contributed by atoms with van der Waals surface area (Å²) in [6, 6.07) is 9.87. The molecule has 3 heterocycles. The van der Waals surface area contributed by atoms with Crippen molar-refractivity contribution in [2.24, 2.45) is 0 Å². The van der Waals surface area contributed by atoms with E-state index in [-0.39, 0.29) is 0 Å². The molecule has 2 aromatic heterocycles. The van der Waals surface area contributed by atoms with Gasteiger partial charge in [0.05, 0.1) is 19.9 Å². The molecule has 4 rings (SSSR count). The number of rotatable bonds is 5. The van der Waals surface area contributed by atoms with Crippen LogP contribution in [-0.2, 0) is 19.5 Å². The molecule has 28 heavy (non-hydrogen) atoms. The highest BCUT2D eigenvalue weighted by Gasteiger charge is 2.17. The van der Waals surface area contributed by atoms with E-state index < -0.39 is 0 Å². The quantitative estimate of drug-likeness (QED) is 0.665. The van der Waals surface area contributed by atoms with Crippen LogP contribution in [0.3, 0.4) is 0 Å². The van der Waals surface area contributed by atoms with E-state index >= 15 is 0 Å². The topological polar surface area (TPSA) is 63.3 Å². The Labute approximate surface area is 169 Å². The zero-order valence-corrected chi connectivity index (χ0v) is 16.8. The maximum atomic E-state index is 5.47. The Kier molecular flexibility index (Phi) is 5.36. The second-order valence-corrected chi connectivity index (χ2v) is 7.16. The van der Waals surface area contributed by atoms with Gasteiger partial charge in [-0.1, -0.05) is 6.07 Å². The van der Waals surface area contributed by atoms with Crippen LogP contribution in [0.25, 0.3) is 11.3 Å². The summed E-state index contributed by atoms with van der Waals surface area (Å²) >= 11 is 5.11. The van der Waals surface area contributed by atoms with Gasteiger partial charge in [0, 0.05) is 55.3 Å². The van der Waals surface area contributed by atoms with Crippen LogP contribution >= 0.6 is 12.2 Å². The van der Waals surface area contributed by atoms with E-state index in [9.17, 15) is 0 Å². The lowest BCUT2D eigenvalue weighted by Crippen LogP contribution is -2.30. The van der Waals surface area contributed by atoms with E-state index in [0.29, 0.717) is 4.77 Å². The molecule has 0 bridgehead atoms. The lowest BCUT2D eigenvalue weighted by Gasteiger charge is -2.28. The van der Waals surface area contributed by atoms with E-state index in [1.807, 2.05) is 36.7 Å². The van der Waals surface area contributed by atoms with E-state index in [1.165, 1.54) is 16.8 Å². The van der Waals surface area contributed by atoms with Gasteiger partial charge < -0.3 is 14.5 Å². The minimum absolute atomic E-state index is 0.556. The van der Waals surface area contributed by atoms with E-state index in [0.717, 1.165) is 48.8 Å². The Morgan fingerprint density at radius 1 is 1.11 bits per heavy atom. The predicted molar refractivity (Wildman–Crippen MR) is 110 cm³/mol. The number of methoxy groups -OCH3 is 2. The second kappa shape index (κ2) is 8.08. The molecule has 144 valence electrons. The Balaban J connectivity index is 1.50. The molecule has 7 heteroatoms. The summed E-state index contributed by atoms with van der Waals surface area (Å²) in [5, 5.41) is 0. The highest BCUT2D eigenvalue weighted by molar-refractivity contribution is 7.71. The summed E-state index contributed by atoms with van der Waals surface area (Å²) < 4.78 is 11.4. The van der Waals surface area contributed by atoms with E-state index in [4.69, 9.17) is 21.7 Å². The molecule has 0 radical (unpaired) electrons. The number of pyridine rings is 1. The van der Waals surface area contributed by atoms with Gasteiger partial charge in [0.1, 0.15) is 11.5 Å². The van der Waals surface area contributed by atoms with Crippen molar-refractivity contribution < 1.29 is 9.47 Å². The number of benzene rings is 1. The van der Waals surface area contributed by atoms with Crippen molar-refractivity contribution in [2.45, 2.75) is 19.5 Å². The smallest absolute Gasteiger partial charge is 0.196 e. The molecule has 0 spiro atoms. The molecular formula is C21H22N4O2S. The Hall–Kier alpha value is -2.77. The first-order chi connectivity index (χ1) is 13.7. The Morgan fingerprint density at radius 3 is 2.75 bits per heavy atom. The minimum atomic E-state index is 0.556. The largest absolute Gasteiger partial charge is 0.497 e. The molecular weight excluding hydrogens is 372 g/mol. The summed E-state index contributed by atoms with van der Waals surface area (Å²) in [7, 11) is 3.32. The van der Waals surface area contributed by atoms with Crippen LogP contribution in [0.2, 0.25) is 0 Å². The first-order valence-corrected chi connectivity index (χ1v) is 9.54. The predicted octanol–water partition coefficient (Wildman–Crippen LogP) is 3.78. The molecule has 0 unspecified atom stereocenters. The van der Waals surface area contributed by atoms with Gasteiger partial charge in [-0.25, -0.2) is 4.98 Å². The van der Waals surface area contributed by atoms with Crippen molar-refractivity contribution in [1.82, 2.24) is 19.9 Å². The highest BCUT2D eigenvalue weighted by atomic mass is 32.1. The molecule has 1 aliphatic rings. The van der Waals surface area contributed by atoms with Gasteiger partial charge in [-0.05, 0) is 42.0 Å². The van der Waals surface area contributed by atoms with Gasteiger partial charge in [-0.2, -0.15) is 0 Å². The van der Waals surface area contributed by atoms with Crippen molar-refractivity contribution in [3.05, 3.63) is 64.3 Å². The number of hydrogen-bond acceptors (Lipinski definition) is 6. The number of nitrogens with zero attached hydrogens (tertiary/aromatic N) is 3. The van der Waals surface area contributed by atoms with Gasteiger partial charge in [0.25, 0.3) is 0 Å². The molecule has 0 fully saturated rings. The number of nitrogens with one attached hydrogen (secondary N) is 1. The number of aromatic amines is 1. The van der Waals surface area contributed by atoms with Crippen LogP contribution in [0.15, 0.2) is 42.7 Å². The Bertz CT molecular complexity index is 1030. The monoisotopic (exact) mass is 394 g/mol. The molecule has 0 atom stereocenters. The third-order valence-corrected chi connectivity index (χ3v) is 5.18. The number of ether oxygens (including phenoxy) is 2. The lowest BCUT2D eigenvalue weighted by atomic mass is 10.1. The maximum absolute atomic E-state index is 5.47. The molecule has 1 aromatic carbocycles. The molecule has 6 nitrogen and oxygen atoms in total. The Morgan fingerprint density at radius 2 is 2.00 bits per heavy atom. The minimum Gasteiger partial charge on any atom is -0.497 e. The highest BCUT2D eigenvalue weighted by Crippen LogP contribution is 2.32. The van der Waals surface area contributed by atoms with Crippen LogP contribution < -0.4 is 9.47 Å². The van der Waals surface area contributed by atoms with Gasteiger partial charge >= 0.3 is 0 Å². The average molecular weight is 395 g/mol. The normalized spacial score (nSPS) is 13.8. The summed E-state index contributed by atoms with van der Waals surface area (Å²) in [4.78, 5) is 14.5. The fourth-order valence-electron chi connectivity index (χ4n) is 3.49. The van der Waals surface area contributed by atoms with Gasteiger partial charge in [-0.15, -0.1) is 0 Å². The number of H-pyrrole nitrogens is 1. The van der Waals surface area contributed by atoms with Gasteiger partial charge in [-0.3, -0.25) is 9.88 Å². The molecule has 0 aliphatic carbocycles. The van der Waals surface area contributed by atoms with Crippen molar-refractivity contribution in [1.29, 1.82) is 0 Å². The molecule has 0 saturated heterocycles. The summed E-state index contributed by atoms with van der Waals surface area (Å²) in [6.45, 7) is 2.69. The number of hydrogen-bond donors (Lipinski definition) is 1. The zero-order chi connectivity index (χ0) is 19.5. The second-order valence-electron chi connectivity index (χ2n) is 6.77. The fourth-order valence-corrected chi connectivity index (χ4v) is 3.67. The van der Waals surface area contributed by atoms with Crippen LogP contribution in [0.5, 0.6) is 11.5 Å². The van der Waals surface area contributed by atoms with Crippen molar-refractivity contribution in [2.75, 3.05) is 20.8 Å². The molecule has 1 aliphatic heterocycles. The lowest BCUT2D eigenvalue weighted by molar-refractivity contribution is 0.242. The standard InChI is InChI=1S/C21H22N4O2S/c1-26-16-4-6-20(27-2)17(9-16)19-5-3-14(10-22-19)12-25-8-7-18-15(13-25)11-23-21(28)24-18/h3-6,9-11H,7-8,12-13H2,1-2H3,(H,23,24,28). The van der Waals surface area contributed by atoms with Crippen molar-refractivity contribution in [3.63, 3.8) is 0 Å². The maximum Gasteiger partial charge on any atom is 0.196 e. The average Bonchev–Trinajstić information content (AvgIpc) is 2.74. The van der Waals surface area contributed by atoms with Gasteiger partial charge in [0.15, 0.2) is 4.77 Å². The van der Waals surface area contributed by atoms with Crippen LogP contribution in [0, 0.1) is 4.77 Å². The third-order valence-electron chi connectivity index (χ3n) is 4.97. The fraction of sp³-hybridized carbons (Fsp3) is 0.286. The van der Waals surface area contributed by atoms with Crippen LogP contribution in [0.1, 0.15) is 16.8 Å². The zero-order valence-electron chi connectivity index (χ0n) is 15.9. The van der Waals surface area contributed by atoms with Crippen LogP contribution in [-0.4, -0.2) is 40.6 Å². The van der Waals surface area contributed by atoms with Crippen LogP contribution in [0.4, 0.5) is 0 Å². The van der Waals surface area contributed by atoms with E-state index in [1.54, 1.807) is 14.2 Å². The van der Waals surface area contributed by atoms with Crippen molar-refractivity contribution >= 4 is 12.2 Å². The molecule has 1 N–H and O–H groups in total.